The summed E-state index contributed by atoms with van der Waals surface area (Å²) >= 11 is 3.34. The Labute approximate surface area is 97.3 Å². The second kappa shape index (κ2) is 4.67. The van der Waals surface area contributed by atoms with Crippen molar-refractivity contribution in [2.24, 2.45) is 11.7 Å². The van der Waals surface area contributed by atoms with E-state index in [0.29, 0.717) is 13.0 Å². The normalized spacial score (nSPS) is 27.5. The zero-order valence-electron chi connectivity index (χ0n) is 8.44. The summed E-state index contributed by atoms with van der Waals surface area (Å²) in [6, 6.07) is -0.545. The number of primary amides is 1. The van der Waals surface area contributed by atoms with Crippen LogP contribution in [0.3, 0.4) is 0 Å². The van der Waals surface area contributed by atoms with Crippen LogP contribution in [0.4, 0.5) is 0 Å². The molecule has 0 aliphatic carbocycles. The third-order valence-corrected chi connectivity index (χ3v) is 3.37. The van der Waals surface area contributed by atoms with Crippen molar-refractivity contribution in [1.82, 2.24) is 4.90 Å². The highest BCUT2D eigenvalue weighted by molar-refractivity contribution is 9.09. The number of terminal acetylenes is 1. The van der Waals surface area contributed by atoms with Crippen molar-refractivity contribution in [3.8, 4) is 12.3 Å². The number of carbonyl (C=O) groups is 2. The Bertz CT molecular complexity index is 324. The maximum absolute atomic E-state index is 11.8. The number of halogens is 1. The van der Waals surface area contributed by atoms with Crippen LogP contribution >= 0.6 is 15.9 Å². The van der Waals surface area contributed by atoms with Crippen molar-refractivity contribution in [3.05, 3.63) is 0 Å². The quantitative estimate of drug-likeness (QED) is 0.585. The van der Waals surface area contributed by atoms with Crippen LogP contribution in [-0.4, -0.2) is 34.1 Å². The van der Waals surface area contributed by atoms with E-state index >= 15 is 0 Å². The molecular formula is C10H13BrN2O2. The lowest BCUT2D eigenvalue weighted by Gasteiger charge is -2.23. The smallest absolute Gasteiger partial charge is 0.240 e. The van der Waals surface area contributed by atoms with E-state index in [-0.39, 0.29) is 10.7 Å². The summed E-state index contributed by atoms with van der Waals surface area (Å²) in [5.41, 5.74) is 5.22. The van der Waals surface area contributed by atoms with Gasteiger partial charge in [-0.05, 0) is 6.42 Å². The number of alkyl halides is 1. The molecule has 1 saturated heterocycles. The SMILES string of the molecule is C#CC1C(=O)N(C(CC)C(N)=O)CC1Br. The van der Waals surface area contributed by atoms with Gasteiger partial charge in [-0.1, -0.05) is 28.8 Å². The summed E-state index contributed by atoms with van der Waals surface area (Å²) in [6.45, 7) is 2.25. The van der Waals surface area contributed by atoms with Crippen molar-refractivity contribution in [1.29, 1.82) is 0 Å². The molecule has 1 aliphatic rings. The molecule has 15 heavy (non-hydrogen) atoms. The predicted molar refractivity (Wildman–Crippen MR) is 60.0 cm³/mol. The average Bonchev–Trinajstić information content (AvgIpc) is 2.43. The lowest BCUT2D eigenvalue weighted by Crippen LogP contribution is -2.45. The van der Waals surface area contributed by atoms with Crippen molar-refractivity contribution >= 4 is 27.7 Å². The fourth-order valence-electron chi connectivity index (χ4n) is 1.75. The van der Waals surface area contributed by atoms with Gasteiger partial charge in [-0.2, -0.15) is 0 Å². The summed E-state index contributed by atoms with van der Waals surface area (Å²) < 4.78 is 0. The van der Waals surface area contributed by atoms with Gasteiger partial charge in [0.05, 0.1) is 4.83 Å². The molecule has 3 unspecified atom stereocenters. The number of nitrogens with zero attached hydrogens (tertiary/aromatic N) is 1. The molecule has 2 amide bonds. The maximum atomic E-state index is 11.8. The van der Waals surface area contributed by atoms with Crippen LogP contribution in [0.1, 0.15) is 13.3 Å². The minimum absolute atomic E-state index is 0.0941. The van der Waals surface area contributed by atoms with E-state index in [0.717, 1.165) is 0 Å². The zero-order valence-corrected chi connectivity index (χ0v) is 10.0. The van der Waals surface area contributed by atoms with Crippen LogP contribution in [0.15, 0.2) is 0 Å². The van der Waals surface area contributed by atoms with E-state index < -0.39 is 17.9 Å². The van der Waals surface area contributed by atoms with Gasteiger partial charge in [0.2, 0.25) is 11.8 Å². The molecule has 82 valence electrons. The number of amides is 2. The first-order chi connectivity index (χ1) is 7.02. The van der Waals surface area contributed by atoms with Gasteiger partial charge in [0.1, 0.15) is 12.0 Å². The Morgan fingerprint density at radius 3 is 2.80 bits per heavy atom. The molecule has 0 saturated carbocycles. The van der Waals surface area contributed by atoms with E-state index in [1.54, 1.807) is 0 Å². The van der Waals surface area contributed by atoms with Crippen molar-refractivity contribution in [2.45, 2.75) is 24.2 Å². The van der Waals surface area contributed by atoms with Crippen LogP contribution in [0, 0.1) is 18.3 Å². The molecule has 0 spiro atoms. The molecule has 0 radical (unpaired) electrons. The molecule has 5 heteroatoms. The molecule has 1 aliphatic heterocycles. The maximum Gasteiger partial charge on any atom is 0.240 e. The Hall–Kier alpha value is -1.02. The number of hydrogen-bond acceptors (Lipinski definition) is 2. The van der Waals surface area contributed by atoms with E-state index in [1.165, 1.54) is 4.90 Å². The fourth-order valence-corrected chi connectivity index (χ4v) is 2.44. The Kier molecular flexibility index (Phi) is 3.75. The van der Waals surface area contributed by atoms with Gasteiger partial charge in [0.15, 0.2) is 0 Å². The highest BCUT2D eigenvalue weighted by Crippen LogP contribution is 2.26. The number of rotatable bonds is 3. The topological polar surface area (TPSA) is 63.4 Å². The van der Waals surface area contributed by atoms with Gasteiger partial charge < -0.3 is 10.6 Å². The van der Waals surface area contributed by atoms with Gasteiger partial charge in [-0.15, -0.1) is 6.42 Å². The number of likely N-dealkylation sites (tertiary alicyclic amines) is 1. The Morgan fingerprint density at radius 2 is 2.47 bits per heavy atom. The van der Waals surface area contributed by atoms with Crippen molar-refractivity contribution in [3.63, 3.8) is 0 Å². The minimum atomic E-state index is -0.545. The minimum Gasteiger partial charge on any atom is -0.368 e. The number of hydrogen-bond donors (Lipinski definition) is 1. The van der Waals surface area contributed by atoms with E-state index in [9.17, 15) is 9.59 Å². The third kappa shape index (κ3) is 2.15. The van der Waals surface area contributed by atoms with Gasteiger partial charge in [-0.3, -0.25) is 9.59 Å². The van der Waals surface area contributed by atoms with Gasteiger partial charge in [0.25, 0.3) is 0 Å². The lowest BCUT2D eigenvalue weighted by molar-refractivity contribution is -0.137. The molecule has 4 nitrogen and oxygen atoms in total. The molecular weight excluding hydrogens is 260 g/mol. The van der Waals surface area contributed by atoms with E-state index in [4.69, 9.17) is 12.2 Å². The first kappa shape index (κ1) is 12.1. The van der Waals surface area contributed by atoms with Crippen molar-refractivity contribution in [2.75, 3.05) is 6.54 Å². The molecule has 1 fully saturated rings. The largest absolute Gasteiger partial charge is 0.368 e. The van der Waals surface area contributed by atoms with Gasteiger partial charge in [0, 0.05) is 6.54 Å². The number of carbonyl (C=O) groups excluding carboxylic acids is 2. The zero-order chi connectivity index (χ0) is 11.6. The van der Waals surface area contributed by atoms with Crippen LogP contribution in [0.25, 0.3) is 0 Å². The summed E-state index contributed by atoms with van der Waals surface area (Å²) in [5, 5.41) is 0. The monoisotopic (exact) mass is 272 g/mol. The Morgan fingerprint density at radius 1 is 1.87 bits per heavy atom. The molecule has 0 aromatic carbocycles. The molecule has 0 bridgehead atoms. The van der Waals surface area contributed by atoms with Crippen LogP contribution in [0.2, 0.25) is 0 Å². The third-order valence-electron chi connectivity index (χ3n) is 2.55. The summed E-state index contributed by atoms with van der Waals surface area (Å²) in [5.74, 6) is 1.26. The summed E-state index contributed by atoms with van der Waals surface area (Å²) in [4.78, 5) is 24.3. The molecule has 0 aromatic rings. The summed E-state index contributed by atoms with van der Waals surface area (Å²) in [6.07, 6.45) is 5.76. The van der Waals surface area contributed by atoms with Gasteiger partial charge in [-0.25, -0.2) is 0 Å². The standard InChI is InChI=1S/C10H13BrN2O2/c1-3-6-7(11)5-13(10(6)15)8(4-2)9(12)14/h1,6-8H,4-5H2,2H3,(H2,12,14). The predicted octanol–water partition coefficient (Wildman–Crippen LogP) is 0.105. The second-order valence-corrected chi connectivity index (χ2v) is 4.65. The van der Waals surface area contributed by atoms with Gasteiger partial charge >= 0.3 is 0 Å². The highest BCUT2D eigenvalue weighted by atomic mass is 79.9. The average molecular weight is 273 g/mol. The second-order valence-electron chi connectivity index (χ2n) is 3.48. The molecule has 0 aromatic heterocycles. The van der Waals surface area contributed by atoms with Crippen LogP contribution in [0.5, 0.6) is 0 Å². The molecule has 2 N–H and O–H groups in total. The number of nitrogens with two attached hydrogens (primary N) is 1. The van der Waals surface area contributed by atoms with Crippen LogP contribution < -0.4 is 5.73 Å². The van der Waals surface area contributed by atoms with Crippen molar-refractivity contribution < 1.29 is 9.59 Å². The van der Waals surface area contributed by atoms with Crippen LogP contribution in [-0.2, 0) is 9.59 Å². The fraction of sp³-hybridized carbons (Fsp3) is 0.600. The lowest BCUT2D eigenvalue weighted by atomic mass is 10.1. The summed E-state index contributed by atoms with van der Waals surface area (Å²) in [7, 11) is 0. The van der Waals surface area contributed by atoms with E-state index in [1.807, 2.05) is 6.92 Å². The molecule has 3 atom stereocenters. The van der Waals surface area contributed by atoms with E-state index in [2.05, 4.69) is 21.9 Å². The first-order valence-corrected chi connectivity index (χ1v) is 5.64. The highest BCUT2D eigenvalue weighted by Gasteiger charge is 2.42. The Balaban J connectivity index is 2.86. The first-order valence-electron chi connectivity index (χ1n) is 4.72. The molecule has 1 rings (SSSR count). The molecule has 1 heterocycles.